The average Bonchev–Trinajstić information content (AvgIpc) is 3.00. The van der Waals surface area contributed by atoms with E-state index in [1.165, 1.54) is 16.0 Å². The SMILES string of the molecule is CCc1cnc(CNC(=NC)NCCc2ccncc2C)s1.I. The standard InChI is InChI=1S/C16H23N5S.HI/c1-4-14-10-20-15(22-14)11-21-16(17-3)19-8-6-13-5-7-18-9-12(13)2;/h5,7,9-10H,4,6,8,11H2,1-3H3,(H2,17,19,21);1H. The Morgan fingerprint density at radius 3 is 2.78 bits per heavy atom. The van der Waals surface area contributed by atoms with Crippen LogP contribution in [0.3, 0.4) is 0 Å². The zero-order valence-corrected chi connectivity index (χ0v) is 16.9. The molecule has 0 aliphatic rings. The number of nitrogens with zero attached hydrogens (tertiary/aromatic N) is 3. The molecular weight excluding hydrogens is 421 g/mol. The van der Waals surface area contributed by atoms with Crippen LogP contribution < -0.4 is 10.6 Å². The van der Waals surface area contributed by atoms with E-state index in [0.717, 1.165) is 30.4 Å². The molecule has 0 fully saturated rings. The Bertz CT molecular complexity index is 626. The summed E-state index contributed by atoms with van der Waals surface area (Å²) in [5.74, 6) is 0.806. The molecule has 7 heteroatoms. The molecule has 0 aliphatic carbocycles. The van der Waals surface area contributed by atoms with Gasteiger partial charge in [-0.05, 0) is 37.0 Å². The molecule has 2 aromatic heterocycles. The van der Waals surface area contributed by atoms with Gasteiger partial charge < -0.3 is 10.6 Å². The molecule has 0 radical (unpaired) electrons. The summed E-state index contributed by atoms with van der Waals surface area (Å²) >= 11 is 1.74. The molecule has 23 heavy (non-hydrogen) atoms. The van der Waals surface area contributed by atoms with Crippen molar-refractivity contribution < 1.29 is 0 Å². The molecule has 2 heterocycles. The number of nitrogens with one attached hydrogen (secondary N) is 2. The summed E-state index contributed by atoms with van der Waals surface area (Å²) in [6.07, 6.45) is 7.67. The Hall–Kier alpha value is -1.22. The van der Waals surface area contributed by atoms with Gasteiger partial charge in [0.05, 0.1) is 6.54 Å². The van der Waals surface area contributed by atoms with E-state index in [4.69, 9.17) is 0 Å². The van der Waals surface area contributed by atoms with E-state index in [0.29, 0.717) is 6.54 Å². The lowest BCUT2D eigenvalue weighted by molar-refractivity contribution is 0.789. The molecule has 0 amide bonds. The molecule has 0 aliphatic heterocycles. The first-order chi connectivity index (χ1) is 10.7. The van der Waals surface area contributed by atoms with Crippen molar-refractivity contribution in [3.05, 3.63) is 45.7 Å². The number of rotatable bonds is 6. The van der Waals surface area contributed by atoms with Crippen LogP contribution in [0.25, 0.3) is 0 Å². The molecular formula is C16H24IN5S. The van der Waals surface area contributed by atoms with Gasteiger partial charge in [0.15, 0.2) is 5.96 Å². The number of thiazole rings is 1. The summed E-state index contributed by atoms with van der Waals surface area (Å²) in [6, 6.07) is 2.06. The number of guanidine groups is 1. The number of halogens is 1. The van der Waals surface area contributed by atoms with E-state index < -0.39 is 0 Å². The number of aliphatic imine (C=N–C) groups is 1. The van der Waals surface area contributed by atoms with Crippen molar-refractivity contribution in [2.45, 2.75) is 33.2 Å². The van der Waals surface area contributed by atoms with Crippen LogP contribution in [0.4, 0.5) is 0 Å². The number of pyridine rings is 1. The normalized spacial score (nSPS) is 11.0. The fourth-order valence-electron chi connectivity index (χ4n) is 2.07. The van der Waals surface area contributed by atoms with E-state index in [-0.39, 0.29) is 24.0 Å². The minimum Gasteiger partial charge on any atom is -0.356 e. The first kappa shape index (κ1) is 19.8. The molecule has 2 aromatic rings. The second-order valence-corrected chi connectivity index (χ2v) is 6.18. The van der Waals surface area contributed by atoms with E-state index in [1.54, 1.807) is 18.4 Å². The lowest BCUT2D eigenvalue weighted by atomic mass is 10.1. The molecule has 0 unspecified atom stereocenters. The number of hydrogen-bond donors (Lipinski definition) is 2. The van der Waals surface area contributed by atoms with Crippen LogP contribution in [0, 0.1) is 6.92 Å². The first-order valence-corrected chi connectivity index (χ1v) is 8.32. The molecule has 5 nitrogen and oxygen atoms in total. The largest absolute Gasteiger partial charge is 0.356 e. The van der Waals surface area contributed by atoms with Gasteiger partial charge in [0, 0.05) is 37.1 Å². The van der Waals surface area contributed by atoms with Crippen molar-refractivity contribution in [2.24, 2.45) is 4.99 Å². The molecule has 0 saturated heterocycles. The van der Waals surface area contributed by atoms with Gasteiger partial charge in [0.25, 0.3) is 0 Å². The predicted octanol–water partition coefficient (Wildman–Crippen LogP) is 2.93. The molecule has 0 saturated carbocycles. The van der Waals surface area contributed by atoms with Gasteiger partial charge in [-0.1, -0.05) is 6.92 Å². The van der Waals surface area contributed by atoms with Crippen LogP contribution in [0.15, 0.2) is 29.6 Å². The van der Waals surface area contributed by atoms with Gasteiger partial charge in [-0.3, -0.25) is 9.98 Å². The van der Waals surface area contributed by atoms with Gasteiger partial charge in [-0.15, -0.1) is 35.3 Å². The summed E-state index contributed by atoms with van der Waals surface area (Å²) in [5.41, 5.74) is 2.53. The van der Waals surface area contributed by atoms with Crippen molar-refractivity contribution in [1.29, 1.82) is 0 Å². The van der Waals surface area contributed by atoms with Crippen LogP contribution in [0.2, 0.25) is 0 Å². The Balaban J connectivity index is 0.00000264. The minimum absolute atomic E-state index is 0. The van der Waals surface area contributed by atoms with Gasteiger partial charge in [0.2, 0.25) is 0 Å². The predicted molar refractivity (Wildman–Crippen MR) is 108 cm³/mol. The molecule has 0 atom stereocenters. The summed E-state index contributed by atoms with van der Waals surface area (Å²) in [4.78, 5) is 14.1. The van der Waals surface area contributed by atoms with Crippen LogP contribution >= 0.6 is 35.3 Å². The van der Waals surface area contributed by atoms with Crippen molar-refractivity contribution in [3.63, 3.8) is 0 Å². The third-order valence-corrected chi connectivity index (χ3v) is 4.55. The van der Waals surface area contributed by atoms with Gasteiger partial charge in [-0.25, -0.2) is 4.98 Å². The zero-order chi connectivity index (χ0) is 15.8. The van der Waals surface area contributed by atoms with Crippen molar-refractivity contribution in [1.82, 2.24) is 20.6 Å². The molecule has 126 valence electrons. The third kappa shape index (κ3) is 6.42. The number of aryl methyl sites for hydroxylation is 2. The van der Waals surface area contributed by atoms with Crippen LogP contribution in [0.5, 0.6) is 0 Å². The first-order valence-electron chi connectivity index (χ1n) is 7.50. The van der Waals surface area contributed by atoms with Gasteiger partial charge in [0.1, 0.15) is 5.01 Å². The van der Waals surface area contributed by atoms with Crippen molar-refractivity contribution in [2.75, 3.05) is 13.6 Å². The average molecular weight is 445 g/mol. The van der Waals surface area contributed by atoms with Crippen molar-refractivity contribution in [3.8, 4) is 0 Å². The lowest BCUT2D eigenvalue weighted by Gasteiger charge is -2.11. The van der Waals surface area contributed by atoms with Gasteiger partial charge >= 0.3 is 0 Å². The maximum Gasteiger partial charge on any atom is 0.191 e. The monoisotopic (exact) mass is 445 g/mol. The van der Waals surface area contributed by atoms with E-state index in [9.17, 15) is 0 Å². The number of hydrogen-bond acceptors (Lipinski definition) is 4. The van der Waals surface area contributed by atoms with Crippen LogP contribution in [0.1, 0.15) is 27.9 Å². The molecule has 0 spiro atoms. The summed E-state index contributed by atoms with van der Waals surface area (Å²) in [6.45, 7) is 5.77. The Kier molecular flexibility index (Phi) is 9.08. The minimum atomic E-state index is 0. The quantitative estimate of drug-likeness (QED) is 0.408. The third-order valence-electron chi connectivity index (χ3n) is 3.40. The molecule has 2 rings (SSSR count). The second-order valence-electron chi connectivity index (χ2n) is 4.98. The number of aromatic nitrogens is 2. The fraction of sp³-hybridized carbons (Fsp3) is 0.438. The maximum atomic E-state index is 4.40. The fourth-order valence-corrected chi connectivity index (χ4v) is 2.87. The zero-order valence-electron chi connectivity index (χ0n) is 13.8. The highest BCUT2D eigenvalue weighted by molar-refractivity contribution is 14.0. The Morgan fingerprint density at radius 2 is 2.13 bits per heavy atom. The van der Waals surface area contributed by atoms with Crippen LogP contribution in [-0.2, 0) is 19.4 Å². The highest BCUT2D eigenvalue weighted by Gasteiger charge is 2.03. The Labute approximate surface area is 159 Å². The summed E-state index contributed by atoms with van der Waals surface area (Å²) in [7, 11) is 1.78. The lowest BCUT2D eigenvalue weighted by Crippen LogP contribution is -2.37. The second kappa shape index (κ2) is 10.5. The molecule has 0 aromatic carbocycles. The molecule has 0 bridgehead atoms. The van der Waals surface area contributed by atoms with E-state index >= 15 is 0 Å². The maximum absolute atomic E-state index is 4.40. The van der Waals surface area contributed by atoms with Crippen LogP contribution in [-0.4, -0.2) is 29.5 Å². The summed E-state index contributed by atoms with van der Waals surface area (Å²) in [5, 5.41) is 7.72. The molecule has 2 N–H and O–H groups in total. The highest BCUT2D eigenvalue weighted by atomic mass is 127. The smallest absolute Gasteiger partial charge is 0.191 e. The topological polar surface area (TPSA) is 62.2 Å². The van der Waals surface area contributed by atoms with Crippen molar-refractivity contribution >= 4 is 41.3 Å². The van der Waals surface area contributed by atoms with E-state index in [1.807, 2.05) is 18.6 Å². The Morgan fingerprint density at radius 1 is 1.30 bits per heavy atom. The van der Waals surface area contributed by atoms with E-state index in [2.05, 4.69) is 45.5 Å². The summed E-state index contributed by atoms with van der Waals surface area (Å²) < 4.78 is 0. The highest BCUT2D eigenvalue weighted by Crippen LogP contribution is 2.12. The van der Waals surface area contributed by atoms with Gasteiger partial charge in [-0.2, -0.15) is 0 Å².